The summed E-state index contributed by atoms with van der Waals surface area (Å²) in [6.07, 6.45) is 2.11. The number of hydrogen-bond acceptors (Lipinski definition) is 4. The molecule has 118 valence electrons. The average Bonchev–Trinajstić information content (AvgIpc) is 2.54. The first kappa shape index (κ1) is 15.6. The van der Waals surface area contributed by atoms with Crippen LogP contribution < -0.4 is 0 Å². The van der Waals surface area contributed by atoms with Crippen molar-refractivity contribution in [1.82, 2.24) is 0 Å². The monoisotopic (exact) mass is 328 g/mol. The second-order valence-corrected chi connectivity index (χ2v) is 6.47. The zero-order valence-electron chi connectivity index (χ0n) is 12.4. The summed E-state index contributed by atoms with van der Waals surface area (Å²) in [5.74, 6) is -0.253. The number of carboxylic acid groups (broad SMARTS) is 1. The fourth-order valence-corrected chi connectivity index (χ4v) is 3.98. The van der Waals surface area contributed by atoms with Gasteiger partial charge in [-0.1, -0.05) is 12.1 Å². The van der Waals surface area contributed by atoms with Crippen LogP contribution in [0.2, 0.25) is 0 Å². The fourth-order valence-electron chi connectivity index (χ4n) is 2.87. The highest BCUT2D eigenvalue weighted by Gasteiger charge is 2.22. The maximum Gasteiger partial charge on any atom is 0.336 e. The van der Waals surface area contributed by atoms with Gasteiger partial charge < -0.3 is 10.2 Å². The summed E-state index contributed by atoms with van der Waals surface area (Å²) in [5.41, 5.74) is 2.58. The highest BCUT2D eigenvalue weighted by Crippen LogP contribution is 2.35. The summed E-state index contributed by atoms with van der Waals surface area (Å²) < 4.78 is 0. The zero-order chi connectivity index (χ0) is 16.4. The van der Waals surface area contributed by atoms with E-state index in [1.54, 1.807) is 36.4 Å². The van der Waals surface area contributed by atoms with Crippen LogP contribution in [0.15, 0.2) is 41.3 Å². The molecule has 0 spiro atoms. The lowest BCUT2D eigenvalue weighted by Crippen LogP contribution is -2.13. The molecular formula is C18H16O4S. The number of aromatic hydroxyl groups is 1. The summed E-state index contributed by atoms with van der Waals surface area (Å²) >= 11 is 1.36. The molecule has 0 saturated carbocycles. The Morgan fingerprint density at radius 3 is 2.70 bits per heavy atom. The van der Waals surface area contributed by atoms with Crippen molar-refractivity contribution in [3.8, 4) is 5.75 Å². The Bertz CT molecular complexity index is 783. The summed E-state index contributed by atoms with van der Waals surface area (Å²) in [4.78, 5) is 23.9. The third kappa shape index (κ3) is 3.10. The third-order valence-electron chi connectivity index (χ3n) is 4.03. The number of carbonyl (C=O) groups is 2. The number of fused-ring (bicyclic) bond motifs is 1. The quantitative estimate of drug-likeness (QED) is 0.833. The molecule has 2 N–H and O–H groups in total. The molecule has 1 aliphatic rings. The molecule has 0 unspecified atom stereocenters. The van der Waals surface area contributed by atoms with Crippen molar-refractivity contribution in [1.29, 1.82) is 0 Å². The minimum Gasteiger partial charge on any atom is -0.508 e. The van der Waals surface area contributed by atoms with E-state index >= 15 is 0 Å². The summed E-state index contributed by atoms with van der Waals surface area (Å²) in [6.45, 7) is 0. The molecule has 23 heavy (non-hydrogen) atoms. The Morgan fingerprint density at radius 1 is 1.13 bits per heavy atom. The van der Waals surface area contributed by atoms with E-state index < -0.39 is 5.97 Å². The Kier molecular flexibility index (Phi) is 4.39. The molecule has 4 nitrogen and oxygen atoms in total. The van der Waals surface area contributed by atoms with Gasteiger partial charge in [-0.3, -0.25) is 4.79 Å². The van der Waals surface area contributed by atoms with E-state index in [4.69, 9.17) is 0 Å². The van der Waals surface area contributed by atoms with E-state index in [1.165, 1.54) is 11.8 Å². The lowest BCUT2D eigenvalue weighted by Gasteiger charge is -2.19. The topological polar surface area (TPSA) is 74.6 Å². The number of phenolic OH excluding ortho intramolecular Hbond substituents is 1. The lowest BCUT2D eigenvalue weighted by atomic mass is 9.87. The van der Waals surface area contributed by atoms with Crippen LogP contribution in [0, 0.1) is 0 Å². The first-order valence-corrected chi connectivity index (χ1v) is 8.38. The van der Waals surface area contributed by atoms with Gasteiger partial charge in [-0.2, -0.15) is 0 Å². The number of aromatic carboxylic acids is 1. The summed E-state index contributed by atoms with van der Waals surface area (Å²) in [5, 5.41) is 19.4. The smallest absolute Gasteiger partial charge is 0.336 e. The number of Topliss-reactive ketones (excluding diaryl/α,β-unsaturated/α-hetero) is 1. The normalized spacial score (nSPS) is 13.7. The van der Waals surface area contributed by atoms with Gasteiger partial charge in [-0.05, 0) is 42.7 Å². The van der Waals surface area contributed by atoms with Crippen molar-refractivity contribution in [2.75, 3.05) is 0 Å². The fraction of sp³-hybridized carbons (Fsp3) is 0.222. The number of ketones is 1. The van der Waals surface area contributed by atoms with Crippen LogP contribution in [0.25, 0.3) is 0 Å². The zero-order valence-corrected chi connectivity index (χ0v) is 13.2. The van der Waals surface area contributed by atoms with Crippen LogP contribution in [-0.4, -0.2) is 22.0 Å². The predicted octanol–water partition coefficient (Wildman–Crippen LogP) is 3.90. The van der Waals surface area contributed by atoms with Crippen molar-refractivity contribution in [3.63, 3.8) is 0 Å². The van der Waals surface area contributed by atoms with Gasteiger partial charge in [0.05, 0.1) is 5.56 Å². The van der Waals surface area contributed by atoms with E-state index in [-0.39, 0.29) is 17.1 Å². The van der Waals surface area contributed by atoms with E-state index in [9.17, 15) is 19.8 Å². The van der Waals surface area contributed by atoms with Gasteiger partial charge in [0.25, 0.3) is 0 Å². The highest BCUT2D eigenvalue weighted by atomic mass is 32.2. The van der Waals surface area contributed by atoms with E-state index in [1.807, 2.05) is 0 Å². The number of carbonyl (C=O) groups excluding carboxylic acids is 1. The minimum atomic E-state index is -0.970. The Labute approximate surface area is 138 Å². The second-order valence-electron chi connectivity index (χ2n) is 5.46. The Hall–Kier alpha value is -2.27. The van der Waals surface area contributed by atoms with E-state index in [0.717, 1.165) is 24.0 Å². The molecule has 0 amide bonds. The van der Waals surface area contributed by atoms with Gasteiger partial charge in [0, 0.05) is 28.2 Å². The predicted molar refractivity (Wildman–Crippen MR) is 88.3 cm³/mol. The number of thioether (sulfide) groups is 1. The van der Waals surface area contributed by atoms with Gasteiger partial charge >= 0.3 is 5.97 Å². The first-order chi connectivity index (χ1) is 11.1. The Morgan fingerprint density at radius 2 is 1.91 bits per heavy atom. The SMILES string of the molecule is O=C(O)c1ccccc1SCc1c(O)ccc2c1CCCC2=O. The standard InChI is InChI=1S/C18H16O4S/c19-15-6-3-5-11-12(15)8-9-16(20)14(11)10-23-17-7-2-1-4-13(17)18(21)22/h1-2,4,7-9,20H,3,5-6,10H2,(H,21,22). The summed E-state index contributed by atoms with van der Waals surface area (Å²) in [6, 6.07) is 10.0. The maximum atomic E-state index is 12.0. The molecule has 1 aliphatic carbocycles. The second kappa shape index (κ2) is 6.46. The highest BCUT2D eigenvalue weighted by molar-refractivity contribution is 7.98. The lowest BCUT2D eigenvalue weighted by molar-refractivity contribution is 0.0693. The van der Waals surface area contributed by atoms with Crippen molar-refractivity contribution in [2.45, 2.75) is 29.9 Å². The maximum absolute atomic E-state index is 12.0. The molecule has 3 rings (SSSR count). The number of phenols is 1. The van der Waals surface area contributed by atoms with Crippen LogP contribution in [0.4, 0.5) is 0 Å². The number of carboxylic acids is 1. The largest absolute Gasteiger partial charge is 0.508 e. The van der Waals surface area contributed by atoms with Crippen molar-refractivity contribution < 1.29 is 19.8 Å². The molecule has 0 heterocycles. The van der Waals surface area contributed by atoms with Gasteiger partial charge in [-0.25, -0.2) is 4.79 Å². The van der Waals surface area contributed by atoms with Crippen molar-refractivity contribution >= 4 is 23.5 Å². The first-order valence-electron chi connectivity index (χ1n) is 7.40. The van der Waals surface area contributed by atoms with Crippen molar-refractivity contribution in [3.05, 3.63) is 58.7 Å². The molecule has 0 aromatic heterocycles. The average molecular weight is 328 g/mol. The number of hydrogen-bond donors (Lipinski definition) is 2. The Balaban J connectivity index is 1.91. The van der Waals surface area contributed by atoms with Crippen LogP contribution in [0.5, 0.6) is 5.75 Å². The van der Waals surface area contributed by atoms with Crippen LogP contribution >= 0.6 is 11.8 Å². The van der Waals surface area contributed by atoms with Gasteiger partial charge in [0.2, 0.25) is 0 Å². The molecular weight excluding hydrogens is 312 g/mol. The number of benzene rings is 2. The molecule has 2 aromatic rings. The molecule has 0 bridgehead atoms. The molecule has 5 heteroatoms. The van der Waals surface area contributed by atoms with Crippen LogP contribution in [-0.2, 0) is 12.2 Å². The third-order valence-corrected chi connectivity index (χ3v) is 5.13. The minimum absolute atomic E-state index is 0.114. The summed E-state index contributed by atoms with van der Waals surface area (Å²) in [7, 11) is 0. The molecule has 0 saturated heterocycles. The van der Waals surface area contributed by atoms with E-state index in [0.29, 0.717) is 22.6 Å². The molecule has 2 aromatic carbocycles. The van der Waals surface area contributed by atoms with Crippen molar-refractivity contribution in [2.24, 2.45) is 0 Å². The van der Waals surface area contributed by atoms with E-state index in [2.05, 4.69) is 0 Å². The molecule has 0 fully saturated rings. The molecule has 0 aliphatic heterocycles. The van der Waals surface area contributed by atoms with Crippen LogP contribution in [0.1, 0.15) is 44.7 Å². The van der Waals surface area contributed by atoms with Gasteiger partial charge in [0.1, 0.15) is 5.75 Å². The number of rotatable bonds is 4. The van der Waals surface area contributed by atoms with Gasteiger partial charge in [0.15, 0.2) is 5.78 Å². The molecule has 0 radical (unpaired) electrons. The van der Waals surface area contributed by atoms with Crippen LogP contribution in [0.3, 0.4) is 0 Å². The van der Waals surface area contributed by atoms with Gasteiger partial charge in [-0.15, -0.1) is 11.8 Å². The molecule has 0 atom stereocenters.